The van der Waals surface area contributed by atoms with Crippen LogP contribution < -0.4 is 5.32 Å². The van der Waals surface area contributed by atoms with Crippen LogP contribution in [0, 0.1) is 39.0 Å². The van der Waals surface area contributed by atoms with E-state index in [-0.39, 0.29) is 0 Å². The highest BCUT2D eigenvalue weighted by Gasteiger charge is 2.09. The fraction of sp³-hybridized carbons (Fsp3) is 0.263. The normalized spacial score (nSPS) is 10.5. The summed E-state index contributed by atoms with van der Waals surface area (Å²) in [5.74, 6) is 0.794. The Labute approximate surface area is 147 Å². The van der Waals surface area contributed by atoms with Crippen molar-refractivity contribution in [2.45, 2.75) is 34.2 Å². The summed E-state index contributed by atoms with van der Waals surface area (Å²) in [7, 11) is 0. The minimum absolute atomic E-state index is 0.581. The van der Waals surface area contributed by atoms with Gasteiger partial charge in [-0.05, 0) is 51.5 Å². The molecular weight excluding hydrogens is 312 g/mol. The Hall–Kier alpha value is -3.20. The highest BCUT2D eigenvalue weighted by Crippen LogP contribution is 2.19. The summed E-state index contributed by atoms with van der Waals surface area (Å²) in [6, 6.07) is 10.1. The lowest BCUT2D eigenvalue weighted by Gasteiger charge is -2.11. The van der Waals surface area contributed by atoms with Crippen LogP contribution in [0.4, 0.5) is 5.69 Å². The van der Waals surface area contributed by atoms with Crippen LogP contribution in [0.25, 0.3) is 5.82 Å². The Morgan fingerprint density at radius 1 is 1.12 bits per heavy atom. The third-order valence-corrected chi connectivity index (χ3v) is 3.96. The molecule has 1 N–H and O–H groups in total. The van der Waals surface area contributed by atoms with Crippen molar-refractivity contribution in [2.24, 2.45) is 0 Å². The number of aryl methyl sites for hydroxylation is 4. The van der Waals surface area contributed by atoms with E-state index >= 15 is 0 Å². The maximum Gasteiger partial charge on any atom is 0.153 e. The van der Waals surface area contributed by atoms with Gasteiger partial charge in [-0.15, -0.1) is 0 Å². The molecule has 0 radical (unpaired) electrons. The number of nitriles is 1. The molecule has 3 heterocycles. The first-order valence-electron chi connectivity index (χ1n) is 8.08. The smallest absolute Gasteiger partial charge is 0.153 e. The largest absolute Gasteiger partial charge is 0.380 e. The van der Waals surface area contributed by atoms with Crippen molar-refractivity contribution < 1.29 is 0 Å². The molecule has 0 fully saturated rings. The van der Waals surface area contributed by atoms with E-state index in [1.165, 1.54) is 0 Å². The average Bonchev–Trinajstić information content (AvgIpc) is 2.91. The molecule has 0 aliphatic rings. The second-order valence-corrected chi connectivity index (χ2v) is 6.10. The lowest BCUT2D eigenvalue weighted by atomic mass is 10.1. The molecule has 0 aromatic carbocycles. The molecule has 0 spiro atoms. The van der Waals surface area contributed by atoms with Crippen LogP contribution in [0.3, 0.4) is 0 Å². The molecule has 25 heavy (non-hydrogen) atoms. The van der Waals surface area contributed by atoms with Gasteiger partial charge in [0.15, 0.2) is 5.82 Å². The maximum absolute atomic E-state index is 9.33. The predicted octanol–water partition coefficient (Wildman–Crippen LogP) is 3.38. The molecule has 6 nitrogen and oxygen atoms in total. The summed E-state index contributed by atoms with van der Waals surface area (Å²) in [4.78, 5) is 8.83. The lowest BCUT2D eigenvalue weighted by molar-refractivity contribution is 0.804. The highest BCUT2D eigenvalue weighted by atomic mass is 15.3. The zero-order valence-electron chi connectivity index (χ0n) is 14.8. The van der Waals surface area contributed by atoms with Crippen molar-refractivity contribution in [3.63, 3.8) is 0 Å². The first-order valence-corrected chi connectivity index (χ1v) is 8.08. The van der Waals surface area contributed by atoms with E-state index in [1.54, 1.807) is 0 Å². The maximum atomic E-state index is 9.33. The van der Waals surface area contributed by atoms with Crippen molar-refractivity contribution >= 4 is 5.69 Å². The van der Waals surface area contributed by atoms with Crippen LogP contribution in [-0.2, 0) is 6.54 Å². The van der Waals surface area contributed by atoms with Crippen molar-refractivity contribution in [3.05, 3.63) is 64.4 Å². The SMILES string of the molecule is Cc1cc(NCc2ccc(-n3nc(C)cc3C)nc2)c(C#N)c(C)n1. The molecule has 0 aliphatic carbocycles. The monoisotopic (exact) mass is 332 g/mol. The second kappa shape index (κ2) is 6.73. The van der Waals surface area contributed by atoms with Crippen LogP contribution >= 0.6 is 0 Å². The Kier molecular flexibility index (Phi) is 4.48. The quantitative estimate of drug-likeness (QED) is 0.792. The summed E-state index contributed by atoms with van der Waals surface area (Å²) >= 11 is 0. The zero-order chi connectivity index (χ0) is 18.0. The summed E-state index contributed by atoms with van der Waals surface area (Å²) in [5.41, 5.74) is 6.06. The van der Waals surface area contributed by atoms with Gasteiger partial charge >= 0.3 is 0 Å². The van der Waals surface area contributed by atoms with E-state index in [9.17, 15) is 5.26 Å². The molecule has 3 aromatic heterocycles. The highest BCUT2D eigenvalue weighted by molar-refractivity contribution is 5.60. The predicted molar refractivity (Wildman–Crippen MR) is 96.6 cm³/mol. The van der Waals surface area contributed by atoms with Crippen LogP contribution in [0.1, 0.15) is 33.9 Å². The standard InChI is InChI=1S/C19H20N6/c1-12-8-18(17(9-20)15(4)23-12)21-10-16-5-6-19(22-11-16)25-14(3)7-13(2)24-25/h5-8,11H,10H2,1-4H3,(H,21,23). The number of anilines is 1. The van der Waals surface area contributed by atoms with Gasteiger partial charge in [0.25, 0.3) is 0 Å². The third kappa shape index (κ3) is 3.50. The molecule has 126 valence electrons. The summed E-state index contributed by atoms with van der Waals surface area (Å²) in [6.45, 7) is 8.33. The Morgan fingerprint density at radius 3 is 2.52 bits per heavy atom. The summed E-state index contributed by atoms with van der Waals surface area (Å²) in [6.07, 6.45) is 1.83. The Morgan fingerprint density at radius 2 is 1.92 bits per heavy atom. The van der Waals surface area contributed by atoms with Gasteiger partial charge in [0.1, 0.15) is 6.07 Å². The van der Waals surface area contributed by atoms with Gasteiger partial charge < -0.3 is 5.32 Å². The summed E-state index contributed by atoms with van der Waals surface area (Å²) < 4.78 is 1.83. The number of pyridine rings is 2. The van der Waals surface area contributed by atoms with Gasteiger partial charge in [-0.2, -0.15) is 10.4 Å². The number of hydrogen-bond acceptors (Lipinski definition) is 5. The molecule has 3 aromatic rings. The molecule has 0 saturated carbocycles. The van der Waals surface area contributed by atoms with E-state index in [1.807, 2.05) is 62.8 Å². The van der Waals surface area contributed by atoms with Crippen LogP contribution in [-0.4, -0.2) is 19.7 Å². The average molecular weight is 332 g/mol. The Balaban J connectivity index is 1.77. The van der Waals surface area contributed by atoms with E-state index in [0.29, 0.717) is 12.1 Å². The number of nitrogens with zero attached hydrogens (tertiary/aromatic N) is 5. The van der Waals surface area contributed by atoms with E-state index in [0.717, 1.165) is 39.8 Å². The van der Waals surface area contributed by atoms with Crippen LogP contribution in [0.5, 0.6) is 0 Å². The number of hydrogen-bond donors (Lipinski definition) is 1. The minimum atomic E-state index is 0.581. The van der Waals surface area contributed by atoms with Gasteiger partial charge in [-0.25, -0.2) is 9.67 Å². The van der Waals surface area contributed by atoms with E-state index in [4.69, 9.17) is 0 Å². The van der Waals surface area contributed by atoms with Crippen molar-refractivity contribution in [1.82, 2.24) is 19.7 Å². The molecule has 0 aliphatic heterocycles. The molecule has 0 atom stereocenters. The molecule has 0 bridgehead atoms. The second-order valence-electron chi connectivity index (χ2n) is 6.10. The topological polar surface area (TPSA) is 79.4 Å². The molecule has 0 amide bonds. The van der Waals surface area contributed by atoms with Crippen molar-refractivity contribution in [1.29, 1.82) is 5.26 Å². The van der Waals surface area contributed by atoms with Crippen LogP contribution in [0.2, 0.25) is 0 Å². The molecule has 3 rings (SSSR count). The molecule has 6 heteroatoms. The zero-order valence-corrected chi connectivity index (χ0v) is 14.8. The van der Waals surface area contributed by atoms with Crippen molar-refractivity contribution in [3.8, 4) is 11.9 Å². The van der Waals surface area contributed by atoms with E-state index in [2.05, 4.69) is 26.5 Å². The number of nitrogens with one attached hydrogen (secondary N) is 1. The van der Waals surface area contributed by atoms with Crippen molar-refractivity contribution in [2.75, 3.05) is 5.32 Å². The fourth-order valence-corrected chi connectivity index (χ4v) is 2.81. The van der Waals surface area contributed by atoms with Crippen LogP contribution in [0.15, 0.2) is 30.5 Å². The van der Waals surface area contributed by atoms with Gasteiger partial charge in [0, 0.05) is 24.1 Å². The van der Waals surface area contributed by atoms with Gasteiger partial charge in [-0.1, -0.05) is 6.07 Å². The minimum Gasteiger partial charge on any atom is -0.380 e. The van der Waals surface area contributed by atoms with Gasteiger partial charge in [0.2, 0.25) is 0 Å². The molecule has 0 unspecified atom stereocenters. The molecular formula is C19H20N6. The van der Waals surface area contributed by atoms with Gasteiger partial charge in [-0.3, -0.25) is 4.98 Å². The Bertz CT molecular complexity index is 947. The number of rotatable bonds is 4. The van der Waals surface area contributed by atoms with Gasteiger partial charge in [0.05, 0.1) is 22.6 Å². The summed E-state index contributed by atoms with van der Waals surface area (Å²) in [5, 5.41) is 17.1. The number of aromatic nitrogens is 4. The first-order chi connectivity index (χ1) is 12.0. The molecule has 0 saturated heterocycles. The lowest BCUT2D eigenvalue weighted by Crippen LogP contribution is -2.06. The first kappa shape index (κ1) is 16.7. The third-order valence-electron chi connectivity index (χ3n) is 3.96. The van der Waals surface area contributed by atoms with E-state index < -0.39 is 0 Å². The fourth-order valence-electron chi connectivity index (χ4n) is 2.81.